The Balaban J connectivity index is 2.34. The molecule has 2 rings (SSSR count). The Morgan fingerprint density at radius 3 is 2.65 bits per heavy atom. The molecule has 2 aromatic carbocycles. The molecule has 0 radical (unpaired) electrons. The molecular formula is C13H12ClFN2. The van der Waals surface area contributed by atoms with Crippen LogP contribution < -0.4 is 11.1 Å². The van der Waals surface area contributed by atoms with Gasteiger partial charge in [-0.2, -0.15) is 0 Å². The van der Waals surface area contributed by atoms with Crippen LogP contribution in [0.15, 0.2) is 36.4 Å². The lowest BCUT2D eigenvalue weighted by molar-refractivity contribution is 0.629. The van der Waals surface area contributed by atoms with Crippen molar-refractivity contribution in [2.75, 3.05) is 11.1 Å². The molecular weight excluding hydrogens is 239 g/mol. The van der Waals surface area contributed by atoms with Gasteiger partial charge in [0.05, 0.1) is 0 Å². The van der Waals surface area contributed by atoms with Gasteiger partial charge in [0.15, 0.2) is 0 Å². The second-order valence-corrected chi connectivity index (χ2v) is 4.29. The summed E-state index contributed by atoms with van der Waals surface area (Å²) in [5, 5.41) is 3.72. The molecule has 2 nitrogen and oxygen atoms in total. The number of nitrogens with two attached hydrogens (primary N) is 1. The third kappa shape index (κ3) is 2.88. The first-order valence-corrected chi connectivity index (χ1v) is 5.51. The van der Waals surface area contributed by atoms with Gasteiger partial charge in [0.2, 0.25) is 0 Å². The van der Waals surface area contributed by atoms with Gasteiger partial charge in [-0.1, -0.05) is 17.7 Å². The highest BCUT2D eigenvalue weighted by molar-refractivity contribution is 6.30. The first-order valence-electron chi connectivity index (χ1n) is 5.14. The van der Waals surface area contributed by atoms with Crippen LogP contribution in [0.3, 0.4) is 0 Å². The first kappa shape index (κ1) is 11.7. The van der Waals surface area contributed by atoms with Crippen LogP contribution in [0.5, 0.6) is 0 Å². The normalized spacial score (nSPS) is 10.3. The molecule has 0 aliphatic rings. The molecule has 0 saturated heterocycles. The molecule has 17 heavy (non-hydrogen) atoms. The van der Waals surface area contributed by atoms with Gasteiger partial charge in [-0.3, -0.25) is 0 Å². The summed E-state index contributed by atoms with van der Waals surface area (Å²) < 4.78 is 13.2. The monoisotopic (exact) mass is 250 g/mol. The molecule has 0 bridgehead atoms. The summed E-state index contributed by atoms with van der Waals surface area (Å²) in [5.41, 5.74) is 8.42. The van der Waals surface area contributed by atoms with E-state index in [-0.39, 0.29) is 5.82 Å². The van der Waals surface area contributed by atoms with Gasteiger partial charge in [-0.05, 0) is 42.8 Å². The molecule has 0 aliphatic heterocycles. The first-order chi connectivity index (χ1) is 8.04. The zero-order valence-electron chi connectivity index (χ0n) is 9.30. The van der Waals surface area contributed by atoms with E-state index in [1.807, 2.05) is 19.1 Å². The molecule has 0 spiro atoms. The molecule has 0 aromatic heterocycles. The topological polar surface area (TPSA) is 38.0 Å². The quantitative estimate of drug-likeness (QED) is 0.787. The summed E-state index contributed by atoms with van der Waals surface area (Å²) in [6.07, 6.45) is 0. The van der Waals surface area contributed by atoms with Gasteiger partial charge in [-0.15, -0.1) is 0 Å². The molecule has 0 aliphatic carbocycles. The summed E-state index contributed by atoms with van der Waals surface area (Å²) in [6, 6.07) is 9.82. The van der Waals surface area contributed by atoms with Gasteiger partial charge in [0.25, 0.3) is 0 Å². The SMILES string of the molecule is Cc1ccc(Cl)cc1Nc1cc(N)cc(F)c1. The highest BCUT2D eigenvalue weighted by Gasteiger charge is 2.02. The molecule has 0 amide bonds. The smallest absolute Gasteiger partial charge is 0.127 e. The van der Waals surface area contributed by atoms with Crippen LogP contribution in [-0.4, -0.2) is 0 Å². The Kier molecular flexibility index (Phi) is 3.20. The fourth-order valence-electron chi connectivity index (χ4n) is 1.57. The molecule has 3 N–H and O–H groups in total. The van der Waals surface area contributed by atoms with Crippen molar-refractivity contribution in [3.63, 3.8) is 0 Å². The lowest BCUT2D eigenvalue weighted by atomic mass is 10.2. The van der Waals surface area contributed by atoms with E-state index in [9.17, 15) is 4.39 Å². The predicted molar refractivity (Wildman–Crippen MR) is 70.3 cm³/mol. The maximum absolute atomic E-state index is 13.2. The number of rotatable bonds is 2. The minimum atomic E-state index is -0.368. The second-order valence-electron chi connectivity index (χ2n) is 3.86. The van der Waals surface area contributed by atoms with Crippen molar-refractivity contribution in [3.8, 4) is 0 Å². The zero-order chi connectivity index (χ0) is 12.4. The van der Waals surface area contributed by atoms with Crippen LogP contribution in [-0.2, 0) is 0 Å². The fraction of sp³-hybridized carbons (Fsp3) is 0.0769. The molecule has 0 fully saturated rings. The van der Waals surface area contributed by atoms with E-state index in [0.29, 0.717) is 16.4 Å². The minimum absolute atomic E-state index is 0.368. The minimum Gasteiger partial charge on any atom is -0.399 e. The molecule has 0 heterocycles. The van der Waals surface area contributed by atoms with Crippen molar-refractivity contribution in [1.82, 2.24) is 0 Å². The van der Waals surface area contributed by atoms with E-state index in [4.69, 9.17) is 17.3 Å². The Morgan fingerprint density at radius 2 is 1.94 bits per heavy atom. The molecule has 4 heteroatoms. The van der Waals surface area contributed by atoms with E-state index in [2.05, 4.69) is 5.32 Å². The standard InChI is InChI=1S/C13H12ClFN2/c1-8-2-3-9(14)4-13(8)17-12-6-10(15)5-11(16)7-12/h2-7,17H,16H2,1H3. The average molecular weight is 251 g/mol. The number of nitrogens with one attached hydrogen (secondary N) is 1. The Labute approximate surface area is 104 Å². The molecule has 0 unspecified atom stereocenters. The van der Waals surface area contributed by atoms with Crippen molar-refractivity contribution in [2.24, 2.45) is 0 Å². The van der Waals surface area contributed by atoms with Crippen LogP contribution in [0, 0.1) is 12.7 Å². The number of hydrogen-bond donors (Lipinski definition) is 2. The Morgan fingerprint density at radius 1 is 1.18 bits per heavy atom. The molecule has 0 atom stereocenters. The van der Waals surface area contributed by atoms with Crippen LogP contribution in [0.2, 0.25) is 5.02 Å². The molecule has 0 saturated carbocycles. The highest BCUT2D eigenvalue weighted by atomic mass is 35.5. The maximum Gasteiger partial charge on any atom is 0.127 e. The summed E-state index contributed by atoms with van der Waals surface area (Å²) >= 11 is 5.91. The van der Waals surface area contributed by atoms with Gasteiger partial charge in [-0.25, -0.2) is 4.39 Å². The van der Waals surface area contributed by atoms with Gasteiger partial charge >= 0.3 is 0 Å². The molecule has 88 valence electrons. The lowest BCUT2D eigenvalue weighted by Crippen LogP contribution is -1.95. The van der Waals surface area contributed by atoms with Gasteiger partial charge in [0.1, 0.15) is 5.82 Å². The number of anilines is 3. The van der Waals surface area contributed by atoms with E-state index in [0.717, 1.165) is 11.3 Å². The summed E-state index contributed by atoms with van der Waals surface area (Å²) in [4.78, 5) is 0. The van der Waals surface area contributed by atoms with E-state index < -0.39 is 0 Å². The van der Waals surface area contributed by atoms with E-state index >= 15 is 0 Å². The Hall–Kier alpha value is -1.74. The van der Waals surface area contributed by atoms with Gasteiger partial charge in [0, 0.05) is 22.1 Å². The second kappa shape index (κ2) is 4.63. The largest absolute Gasteiger partial charge is 0.399 e. The third-order valence-electron chi connectivity index (χ3n) is 2.40. The summed E-state index contributed by atoms with van der Waals surface area (Å²) in [5.74, 6) is -0.368. The highest BCUT2D eigenvalue weighted by Crippen LogP contribution is 2.25. The maximum atomic E-state index is 13.2. The van der Waals surface area contributed by atoms with Crippen molar-refractivity contribution < 1.29 is 4.39 Å². The van der Waals surface area contributed by atoms with Crippen molar-refractivity contribution in [3.05, 3.63) is 52.8 Å². The van der Waals surface area contributed by atoms with Crippen molar-refractivity contribution in [1.29, 1.82) is 0 Å². The number of benzene rings is 2. The lowest BCUT2D eigenvalue weighted by Gasteiger charge is -2.10. The number of nitrogen functional groups attached to an aromatic ring is 1. The van der Waals surface area contributed by atoms with Crippen molar-refractivity contribution >= 4 is 28.7 Å². The fourth-order valence-corrected chi connectivity index (χ4v) is 1.74. The predicted octanol–water partition coefficient (Wildman–Crippen LogP) is 4.11. The zero-order valence-corrected chi connectivity index (χ0v) is 10.1. The third-order valence-corrected chi connectivity index (χ3v) is 2.63. The summed E-state index contributed by atoms with van der Waals surface area (Å²) in [6.45, 7) is 1.95. The van der Waals surface area contributed by atoms with E-state index in [1.165, 1.54) is 12.1 Å². The van der Waals surface area contributed by atoms with Crippen LogP contribution in [0.4, 0.5) is 21.5 Å². The van der Waals surface area contributed by atoms with Crippen LogP contribution in [0.1, 0.15) is 5.56 Å². The van der Waals surface area contributed by atoms with Crippen LogP contribution >= 0.6 is 11.6 Å². The summed E-state index contributed by atoms with van der Waals surface area (Å²) in [7, 11) is 0. The average Bonchev–Trinajstić information content (AvgIpc) is 2.22. The van der Waals surface area contributed by atoms with E-state index in [1.54, 1.807) is 12.1 Å². The number of aryl methyl sites for hydroxylation is 1. The van der Waals surface area contributed by atoms with Crippen LogP contribution in [0.25, 0.3) is 0 Å². The molecule has 2 aromatic rings. The Bertz CT molecular complexity index is 535. The van der Waals surface area contributed by atoms with Gasteiger partial charge < -0.3 is 11.1 Å². The van der Waals surface area contributed by atoms with Crippen molar-refractivity contribution in [2.45, 2.75) is 6.92 Å². The number of hydrogen-bond acceptors (Lipinski definition) is 2. The number of halogens is 2.